The number of amides is 1. The van der Waals surface area contributed by atoms with Crippen LogP contribution in [0.5, 0.6) is 0 Å². The topological polar surface area (TPSA) is 57.6 Å². The fourth-order valence-electron chi connectivity index (χ4n) is 1.68. The maximum absolute atomic E-state index is 13.1. The average Bonchev–Trinajstić information content (AvgIpc) is 2.32. The highest BCUT2D eigenvalue weighted by atomic mass is 19.2. The number of hydrogen-bond donors (Lipinski definition) is 1. The number of nitrogens with zero attached hydrogens (tertiary/aromatic N) is 1. The molecule has 20 heavy (non-hydrogen) atoms. The SMILES string of the molecule is CC(C)CN(CC(=O)O)C(=O)c1cc(F)c(F)c(F)c1. The molecule has 0 heterocycles. The van der Waals surface area contributed by atoms with Gasteiger partial charge < -0.3 is 10.0 Å². The molecule has 1 aromatic carbocycles. The second kappa shape index (κ2) is 6.40. The summed E-state index contributed by atoms with van der Waals surface area (Å²) in [5, 5.41) is 8.74. The van der Waals surface area contributed by atoms with Crippen molar-refractivity contribution in [1.29, 1.82) is 0 Å². The van der Waals surface area contributed by atoms with Crippen LogP contribution in [0.25, 0.3) is 0 Å². The second-order valence-electron chi connectivity index (χ2n) is 4.73. The third-order valence-corrected chi connectivity index (χ3v) is 2.43. The van der Waals surface area contributed by atoms with Crippen LogP contribution < -0.4 is 0 Å². The maximum atomic E-state index is 13.1. The Balaban J connectivity index is 3.08. The Bertz CT molecular complexity index is 509. The third kappa shape index (κ3) is 3.97. The zero-order chi connectivity index (χ0) is 15.4. The van der Waals surface area contributed by atoms with Gasteiger partial charge in [-0.3, -0.25) is 9.59 Å². The van der Waals surface area contributed by atoms with E-state index in [1.165, 1.54) is 0 Å². The van der Waals surface area contributed by atoms with Gasteiger partial charge in [-0.2, -0.15) is 0 Å². The minimum absolute atomic E-state index is 0.0338. The Labute approximate surface area is 113 Å². The molecule has 0 radical (unpaired) electrons. The van der Waals surface area contributed by atoms with Gasteiger partial charge in [0.1, 0.15) is 6.54 Å². The van der Waals surface area contributed by atoms with E-state index in [-0.39, 0.29) is 12.5 Å². The molecule has 0 aromatic heterocycles. The molecular formula is C13H14F3NO3. The average molecular weight is 289 g/mol. The minimum atomic E-state index is -1.67. The van der Waals surface area contributed by atoms with E-state index in [0.717, 1.165) is 4.90 Å². The van der Waals surface area contributed by atoms with Crippen molar-refractivity contribution < 1.29 is 27.9 Å². The first-order valence-corrected chi connectivity index (χ1v) is 5.88. The van der Waals surface area contributed by atoms with E-state index in [9.17, 15) is 22.8 Å². The zero-order valence-electron chi connectivity index (χ0n) is 11.0. The first kappa shape index (κ1) is 16.0. The second-order valence-corrected chi connectivity index (χ2v) is 4.73. The highest BCUT2D eigenvalue weighted by molar-refractivity contribution is 5.95. The molecule has 0 aliphatic carbocycles. The molecule has 1 rings (SSSR count). The normalized spacial score (nSPS) is 10.7. The van der Waals surface area contributed by atoms with Crippen LogP contribution in [0.2, 0.25) is 0 Å². The van der Waals surface area contributed by atoms with Gasteiger partial charge in [0.25, 0.3) is 5.91 Å². The minimum Gasteiger partial charge on any atom is -0.480 e. The van der Waals surface area contributed by atoms with Crippen LogP contribution >= 0.6 is 0 Å². The number of benzene rings is 1. The number of rotatable bonds is 5. The van der Waals surface area contributed by atoms with Crippen LogP contribution in [-0.2, 0) is 4.79 Å². The van der Waals surface area contributed by atoms with Gasteiger partial charge in [-0.15, -0.1) is 0 Å². The number of aliphatic carboxylic acids is 1. The maximum Gasteiger partial charge on any atom is 0.323 e. The number of carboxylic acid groups (broad SMARTS) is 1. The van der Waals surface area contributed by atoms with Crippen LogP contribution in [0, 0.1) is 23.4 Å². The molecular weight excluding hydrogens is 275 g/mol. The van der Waals surface area contributed by atoms with E-state index in [4.69, 9.17) is 5.11 Å². The van der Waals surface area contributed by atoms with Crippen molar-refractivity contribution in [3.05, 3.63) is 35.1 Å². The molecule has 4 nitrogen and oxygen atoms in total. The fourth-order valence-corrected chi connectivity index (χ4v) is 1.68. The Morgan fingerprint density at radius 1 is 1.20 bits per heavy atom. The van der Waals surface area contributed by atoms with E-state index in [2.05, 4.69) is 0 Å². The summed E-state index contributed by atoms with van der Waals surface area (Å²) >= 11 is 0. The third-order valence-electron chi connectivity index (χ3n) is 2.43. The van der Waals surface area contributed by atoms with E-state index >= 15 is 0 Å². The quantitative estimate of drug-likeness (QED) is 0.846. The zero-order valence-corrected chi connectivity index (χ0v) is 11.0. The molecule has 0 saturated heterocycles. The molecule has 1 N–H and O–H groups in total. The van der Waals surface area contributed by atoms with Crippen molar-refractivity contribution in [2.75, 3.05) is 13.1 Å². The Kier molecular flexibility index (Phi) is 5.12. The van der Waals surface area contributed by atoms with Gasteiger partial charge >= 0.3 is 5.97 Å². The standard InChI is InChI=1S/C13H14F3NO3/c1-7(2)5-17(6-11(18)19)13(20)8-3-9(14)12(16)10(15)4-8/h3-4,7H,5-6H2,1-2H3,(H,18,19). The van der Waals surface area contributed by atoms with E-state index in [0.29, 0.717) is 12.1 Å². The molecule has 1 amide bonds. The first-order valence-electron chi connectivity index (χ1n) is 5.88. The summed E-state index contributed by atoms with van der Waals surface area (Å²) in [7, 11) is 0. The van der Waals surface area contributed by atoms with Crippen molar-refractivity contribution >= 4 is 11.9 Å². The Hall–Kier alpha value is -2.05. The highest BCUT2D eigenvalue weighted by Gasteiger charge is 2.22. The summed E-state index contributed by atoms with van der Waals surface area (Å²) in [4.78, 5) is 23.7. The number of carboxylic acids is 1. The largest absolute Gasteiger partial charge is 0.480 e. The van der Waals surface area contributed by atoms with Crippen LogP contribution in [0.4, 0.5) is 13.2 Å². The molecule has 0 aliphatic heterocycles. The summed E-state index contributed by atoms with van der Waals surface area (Å²) < 4.78 is 39.0. The molecule has 0 fully saturated rings. The molecule has 0 spiro atoms. The van der Waals surface area contributed by atoms with Gasteiger partial charge in [-0.1, -0.05) is 13.8 Å². The lowest BCUT2D eigenvalue weighted by atomic mass is 10.1. The summed E-state index contributed by atoms with van der Waals surface area (Å²) in [6, 6.07) is 1.10. The van der Waals surface area contributed by atoms with E-state index < -0.39 is 41.4 Å². The lowest BCUT2D eigenvalue weighted by Crippen LogP contribution is -2.38. The molecule has 0 atom stereocenters. The number of hydrogen-bond acceptors (Lipinski definition) is 2. The van der Waals surface area contributed by atoms with E-state index in [1.807, 2.05) is 0 Å². The number of halogens is 3. The van der Waals surface area contributed by atoms with E-state index in [1.54, 1.807) is 13.8 Å². The van der Waals surface area contributed by atoms with Crippen molar-refractivity contribution in [3.63, 3.8) is 0 Å². The molecule has 0 bridgehead atoms. The van der Waals surface area contributed by atoms with Crippen molar-refractivity contribution in [2.24, 2.45) is 5.92 Å². The van der Waals surface area contributed by atoms with Crippen molar-refractivity contribution in [1.82, 2.24) is 4.90 Å². The smallest absolute Gasteiger partial charge is 0.323 e. The lowest BCUT2D eigenvalue weighted by molar-refractivity contribution is -0.137. The fraction of sp³-hybridized carbons (Fsp3) is 0.385. The highest BCUT2D eigenvalue weighted by Crippen LogP contribution is 2.16. The number of carbonyl (C=O) groups is 2. The van der Waals surface area contributed by atoms with Gasteiger partial charge in [0.15, 0.2) is 17.5 Å². The summed E-state index contributed by atoms with van der Waals surface area (Å²) in [5.41, 5.74) is -0.428. The van der Waals surface area contributed by atoms with Crippen molar-refractivity contribution in [3.8, 4) is 0 Å². The first-order chi connectivity index (χ1) is 9.22. The monoisotopic (exact) mass is 289 g/mol. The van der Waals surface area contributed by atoms with Crippen LogP contribution in [-0.4, -0.2) is 35.0 Å². The van der Waals surface area contributed by atoms with Gasteiger partial charge in [0.2, 0.25) is 0 Å². The Morgan fingerprint density at radius 3 is 2.10 bits per heavy atom. The predicted octanol–water partition coefficient (Wildman–Crippen LogP) is 2.29. The lowest BCUT2D eigenvalue weighted by Gasteiger charge is -2.22. The van der Waals surface area contributed by atoms with Crippen LogP contribution in [0.1, 0.15) is 24.2 Å². The van der Waals surface area contributed by atoms with Gasteiger partial charge in [-0.25, -0.2) is 13.2 Å². The summed E-state index contributed by atoms with van der Waals surface area (Å²) in [5.74, 6) is -6.80. The molecule has 0 unspecified atom stereocenters. The van der Waals surface area contributed by atoms with Crippen molar-refractivity contribution in [2.45, 2.75) is 13.8 Å². The van der Waals surface area contributed by atoms with Gasteiger partial charge in [0.05, 0.1) is 0 Å². The summed E-state index contributed by atoms with van der Waals surface area (Å²) in [6.45, 7) is 3.02. The van der Waals surface area contributed by atoms with Gasteiger partial charge in [-0.05, 0) is 18.1 Å². The molecule has 1 aromatic rings. The summed E-state index contributed by atoms with van der Waals surface area (Å²) in [6.07, 6.45) is 0. The van der Waals surface area contributed by atoms with Crippen LogP contribution in [0.15, 0.2) is 12.1 Å². The Morgan fingerprint density at radius 2 is 1.70 bits per heavy atom. The molecule has 7 heteroatoms. The molecule has 110 valence electrons. The van der Waals surface area contributed by atoms with Crippen LogP contribution in [0.3, 0.4) is 0 Å². The molecule has 0 aliphatic rings. The number of carbonyl (C=O) groups excluding carboxylic acids is 1. The van der Waals surface area contributed by atoms with Gasteiger partial charge in [0, 0.05) is 12.1 Å². The molecule has 0 saturated carbocycles. The predicted molar refractivity (Wildman–Crippen MR) is 64.7 cm³/mol.